The van der Waals surface area contributed by atoms with Gasteiger partial charge in [0.1, 0.15) is 5.75 Å². The maximum atomic E-state index is 12.5. The highest BCUT2D eigenvalue weighted by molar-refractivity contribution is 14.1. The molecule has 0 saturated heterocycles. The molecule has 6 heteroatoms. The highest BCUT2D eigenvalue weighted by Gasteiger charge is 2.36. The SMILES string of the molecule is CC1CCCC(CO)(NC(=O)c2cc(I)cc(I)c2O)C1. The molecule has 116 valence electrons. The maximum Gasteiger partial charge on any atom is 0.255 e. The van der Waals surface area contributed by atoms with Gasteiger partial charge < -0.3 is 15.5 Å². The van der Waals surface area contributed by atoms with E-state index in [-0.39, 0.29) is 23.8 Å². The molecule has 1 saturated carbocycles. The zero-order valence-electron chi connectivity index (χ0n) is 11.8. The highest BCUT2D eigenvalue weighted by atomic mass is 127. The summed E-state index contributed by atoms with van der Waals surface area (Å²) >= 11 is 4.13. The minimum atomic E-state index is -0.562. The van der Waals surface area contributed by atoms with Crippen molar-refractivity contribution in [3.05, 3.63) is 24.8 Å². The average Bonchev–Trinajstić information content (AvgIpc) is 2.42. The summed E-state index contributed by atoms with van der Waals surface area (Å²) in [5.74, 6) is 0.174. The van der Waals surface area contributed by atoms with Crippen LogP contribution in [0.5, 0.6) is 5.75 Å². The number of amides is 1. The number of rotatable bonds is 3. The van der Waals surface area contributed by atoms with Crippen molar-refractivity contribution in [2.24, 2.45) is 5.92 Å². The Balaban J connectivity index is 2.24. The quantitative estimate of drug-likeness (QED) is 0.542. The zero-order valence-corrected chi connectivity index (χ0v) is 16.1. The lowest BCUT2D eigenvalue weighted by Gasteiger charge is -2.39. The van der Waals surface area contributed by atoms with Gasteiger partial charge in [0, 0.05) is 3.57 Å². The Kier molecular flexibility index (Phi) is 5.75. The second-order valence-corrected chi connectivity index (χ2v) is 8.29. The van der Waals surface area contributed by atoms with E-state index in [0.717, 1.165) is 29.3 Å². The largest absolute Gasteiger partial charge is 0.506 e. The zero-order chi connectivity index (χ0) is 15.6. The van der Waals surface area contributed by atoms with Crippen LogP contribution < -0.4 is 5.32 Å². The molecule has 1 amide bonds. The predicted molar refractivity (Wildman–Crippen MR) is 98.5 cm³/mol. The van der Waals surface area contributed by atoms with Crippen LogP contribution in [0.1, 0.15) is 43.0 Å². The molecule has 3 N–H and O–H groups in total. The lowest BCUT2D eigenvalue weighted by molar-refractivity contribution is 0.0694. The number of phenols is 1. The number of carbonyl (C=O) groups excluding carboxylic acids is 1. The van der Waals surface area contributed by atoms with E-state index < -0.39 is 5.54 Å². The molecular weight excluding hydrogens is 496 g/mol. The number of halogens is 2. The molecule has 1 aliphatic carbocycles. The monoisotopic (exact) mass is 515 g/mol. The third-order valence-corrected chi connectivity index (χ3v) is 5.49. The molecule has 4 nitrogen and oxygen atoms in total. The molecule has 21 heavy (non-hydrogen) atoms. The molecule has 2 atom stereocenters. The van der Waals surface area contributed by atoms with E-state index in [2.05, 4.69) is 34.8 Å². The Morgan fingerprint density at radius 1 is 1.48 bits per heavy atom. The van der Waals surface area contributed by atoms with Crippen molar-refractivity contribution >= 4 is 51.1 Å². The molecule has 2 unspecified atom stereocenters. The van der Waals surface area contributed by atoms with Crippen LogP contribution in [0.3, 0.4) is 0 Å². The second-order valence-electron chi connectivity index (χ2n) is 5.88. The van der Waals surface area contributed by atoms with Crippen molar-refractivity contribution in [3.8, 4) is 5.75 Å². The third-order valence-electron chi connectivity index (χ3n) is 4.05. The molecule has 2 rings (SSSR count). The van der Waals surface area contributed by atoms with Gasteiger partial charge in [-0.1, -0.05) is 19.8 Å². The van der Waals surface area contributed by atoms with E-state index in [4.69, 9.17) is 0 Å². The van der Waals surface area contributed by atoms with E-state index in [1.165, 1.54) is 0 Å². The van der Waals surface area contributed by atoms with Gasteiger partial charge in [-0.25, -0.2) is 0 Å². The topological polar surface area (TPSA) is 69.6 Å². The van der Waals surface area contributed by atoms with Crippen LogP contribution in [-0.4, -0.2) is 28.3 Å². The summed E-state index contributed by atoms with van der Waals surface area (Å²) in [5.41, 5.74) is -0.286. The normalized spacial score (nSPS) is 25.6. The van der Waals surface area contributed by atoms with Gasteiger partial charge >= 0.3 is 0 Å². The Morgan fingerprint density at radius 3 is 2.81 bits per heavy atom. The second kappa shape index (κ2) is 6.99. The summed E-state index contributed by atoms with van der Waals surface area (Å²) in [6.45, 7) is 2.08. The number of aromatic hydroxyl groups is 1. The number of aliphatic hydroxyl groups is 1. The van der Waals surface area contributed by atoms with Crippen LogP contribution in [0.4, 0.5) is 0 Å². The molecule has 1 fully saturated rings. The van der Waals surface area contributed by atoms with Gasteiger partial charge in [0.05, 0.1) is 21.3 Å². The number of hydrogen-bond acceptors (Lipinski definition) is 3. The Labute approximate surface area is 152 Å². The van der Waals surface area contributed by atoms with Crippen LogP contribution in [-0.2, 0) is 0 Å². The highest BCUT2D eigenvalue weighted by Crippen LogP contribution is 2.33. The van der Waals surface area contributed by atoms with Crippen LogP contribution in [0.15, 0.2) is 12.1 Å². The molecule has 0 heterocycles. The number of aliphatic hydroxyl groups excluding tert-OH is 1. The van der Waals surface area contributed by atoms with E-state index >= 15 is 0 Å². The molecule has 1 aromatic carbocycles. The first kappa shape index (κ1) is 17.3. The Morgan fingerprint density at radius 2 is 2.19 bits per heavy atom. The molecule has 1 aliphatic rings. The fraction of sp³-hybridized carbons (Fsp3) is 0.533. The van der Waals surface area contributed by atoms with Crippen LogP contribution in [0.25, 0.3) is 0 Å². The molecule has 0 radical (unpaired) electrons. The van der Waals surface area contributed by atoms with Gasteiger partial charge in [-0.3, -0.25) is 4.79 Å². The number of benzene rings is 1. The van der Waals surface area contributed by atoms with E-state index in [1.54, 1.807) is 6.07 Å². The Bertz CT molecular complexity index is 550. The molecule has 0 spiro atoms. The van der Waals surface area contributed by atoms with Crippen LogP contribution in [0, 0.1) is 13.1 Å². The fourth-order valence-corrected chi connectivity index (χ4v) is 4.85. The van der Waals surface area contributed by atoms with Gasteiger partial charge in [0.25, 0.3) is 5.91 Å². The smallest absolute Gasteiger partial charge is 0.255 e. The third kappa shape index (κ3) is 4.01. The minimum Gasteiger partial charge on any atom is -0.506 e. The first-order chi connectivity index (χ1) is 9.87. The van der Waals surface area contributed by atoms with Crippen molar-refractivity contribution in [1.29, 1.82) is 0 Å². The number of carbonyl (C=O) groups is 1. The van der Waals surface area contributed by atoms with Crippen LogP contribution >= 0.6 is 45.2 Å². The summed E-state index contributed by atoms with van der Waals surface area (Å²) in [4.78, 5) is 12.5. The fourth-order valence-electron chi connectivity index (χ4n) is 3.00. The van der Waals surface area contributed by atoms with E-state index in [0.29, 0.717) is 9.49 Å². The summed E-state index contributed by atoms with van der Waals surface area (Å²) < 4.78 is 1.55. The molecular formula is C15H19I2NO3. The van der Waals surface area contributed by atoms with Crippen molar-refractivity contribution < 1.29 is 15.0 Å². The van der Waals surface area contributed by atoms with Crippen molar-refractivity contribution in [2.75, 3.05) is 6.61 Å². The summed E-state index contributed by atoms with van der Waals surface area (Å²) in [6, 6.07) is 3.49. The summed E-state index contributed by atoms with van der Waals surface area (Å²) in [6.07, 6.45) is 3.68. The summed E-state index contributed by atoms with van der Waals surface area (Å²) in [5, 5.41) is 22.8. The number of hydrogen-bond donors (Lipinski definition) is 3. The van der Waals surface area contributed by atoms with Crippen LogP contribution in [0.2, 0.25) is 0 Å². The lowest BCUT2D eigenvalue weighted by Crippen LogP contribution is -2.53. The molecule has 0 aliphatic heterocycles. The number of nitrogens with one attached hydrogen (secondary N) is 1. The van der Waals surface area contributed by atoms with Gasteiger partial charge in [0.2, 0.25) is 0 Å². The van der Waals surface area contributed by atoms with E-state index in [9.17, 15) is 15.0 Å². The lowest BCUT2D eigenvalue weighted by atomic mass is 9.76. The predicted octanol–water partition coefficient (Wildman–Crippen LogP) is 3.27. The van der Waals surface area contributed by atoms with E-state index in [1.807, 2.05) is 28.7 Å². The van der Waals surface area contributed by atoms with Crippen molar-refractivity contribution in [1.82, 2.24) is 5.32 Å². The number of phenolic OH excluding ortho intramolecular Hbond substituents is 1. The Hall–Kier alpha value is -0.0900. The standard InChI is InChI=1S/C15H19I2NO3/c1-9-3-2-4-15(7-9,8-19)18-14(21)11-5-10(16)6-12(17)13(11)20/h5-6,9,19-20H,2-4,7-8H2,1H3,(H,18,21). The van der Waals surface area contributed by atoms with Gasteiger partial charge in [-0.05, 0) is 76.1 Å². The average molecular weight is 515 g/mol. The van der Waals surface area contributed by atoms with Gasteiger partial charge in [-0.2, -0.15) is 0 Å². The molecule has 0 bridgehead atoms. The van der Waals surface area contributed by atoms with Crippen molar-refractivity contribution in [3.63, 3.8) is 0 Å². The first-order valence-electron chi connectivity index (χ1n) is 6.98. The molecule has 0 aromatic heterocycles. The van der Waals surface area contributed by atoms with Gasteiger partial charge in [0.15, 0.2) is 0 Å². The summed E-state index contributed by atoms with van der Waals surface area (Å²) in [7, 11) is 0. The van der Waals surface area contributed by atoms with Gasteiger partial charge in [-0.15, -0.1) is 0 Å². The van der Waals surface area contributed by atoms with Crippen molar-refractivity contribution in [2.45, 2.75) is 38.1 Å². The molecule has 1 aromatic rings. The maximum absolute atomic E-state index is 12.5. The first-order valence-corrected chi connectivity index (χ1v) is 9.14. The minimum absolute atomic E-state index is 0.00506.